The summed E-state index contributed by atoms with van der Waals surface area (Å²) in [4.78, 5) is 29.1. The number of para-hydroxylation sites is 1. The molecule has 242 valence electrons. The van der Waals surface area contributed by atoms with E-state index in [1.807, 2.05) is 104 Å². The van der Waals surface area contributed by atoms with Gasteiger partial charge in [0, 0.05) is 24.2 Å². The highest BCUT2D eigenvalue weighted by Gasteiger charge is 2.52. The van der Waals surface area contributed by atoms with E-state index in [1.165, 1.54) is 4.68 Å². The number of rotatable bonds is 11. The third-order valence-corrected chi connectivity index (χ3v) is 9.19. The zero-order chi connectivity index (χ0) is 33.3. The predicted octanol–water partition coefficient (Wildman–Crippen LogP) is 5.05. The van der Waals surface area contributed by atoms with Crippen LogP contribution in [-0.2, 0) is 23.5 Å². The second-order valence-electron chi connectivity index (χ2n) is 12.2. The van der Waals surface area contributed by atoms with E-state index in [0.29, 0.717) is 53.0 Å². The molecule has 48 heavy (non-hydrogen) atoms. The van der Waals surface area contributed by atoms with Crippen LogP contribution in [0, 0.1) is 5.92 Å². The SMILES string of the molecule is C[C@H](/C=C/CCn1cc(C(CO)c2ccccc2)nn1)[C@@]1(O)C(=O)N(Cc2ccccc2)c2ccc(-n3[nH]c4ccccc4c3=O)cc21. The zero-order valence-corrected chi connectivity index (χ0v) is 26.5. The maximum atomic E-state index is 14.2. The molecule has 0 aliphatic carbocycles. The maximum absolute atomic E-state index is 14.2. The molecule has 0 fully saturated rings. The van der Waals surface area contributed by atoms with Crippen molar-refractivity contribution in [2.24, 2.45) is 5.92 Å². The first-order valence-electron chi connectivity index (χ1n) is 16.0. The van der Waals surface area contributed by atoms with E-state index < -0.39 is 17.4 Å². The number of hydrogen-bond acceptors (Lipinski definition) is 6. The number of nitrogens with zero attached hydrogens (tertiary/aromatic N) is 5. The number of carbonyl (C=O) groups excluding carboxylic acids is 1. The molecule has 10 heteroatoms. The smallest absolute Gasteiger partial charge is 0.279 e. The second-order valence-corrected chi connectivity index (χ2v) is 12.2. The minimum atomic E-state index is -1.86. The van der Waals surface area contributed by atoms with Crippen LogP contribution < -0.4 is 10.5 Å². The molecule has 2 aromatic heterocycles. The Morgan fingerprint density at radius 2 is 1.67 bits per heavy atom. The van der Waals surface area contributed by atoms with Gasteiger partial charge in [-0.1, -0.05) is 97.1 Å². The number of amides is 1. The fourth-order valence-corrected chi connectivity index (χ4v) is 6.52. The summed E-state index contributed by atoms with van der Waals surface area (Å²) in [6.07, 6.45) is 6.21. The molecule has 4 aromatic carbocycles. The molecule has 6 aromatic rings. The van der Waals surface area contributed by atoms with Gasteiger partial charge < -0.3 is 15.1 Å². The van der Waals surface area contributed by atoms with Crippen molar-refractivity contribution < 1.29 is 15.0 Å². The molecule has 1 amide bonds. The molecule has 0 saturated carbocycles. The van der Waals surface area contributed by atoms with Crippen molar-refractivity contribution in [3.63, 3.8) is 0 Å². The minimum Gasteiger partial charge on any atom is -0.395 e. The Hall–Kier alpha value is -5.58. The van der Waals surface area contributed by atoms with Crippen molar-refractivity contribution in [2.45, 2.75) is 38.0 Å². The molecule has 1 aliphatic heterocycles. The number of aliphatic hydroxyl groups is 2. The van der Waals surface area contributed by atoms with Crippen LogP contribution in [0.15, 0.2) is 126 Å². The first-order chi connectivity index (χ1) is 23.4. The van der Waals surface area contributed by atoms with Crippen molar-refractivity contribution in [3.8, 4) is 5.69 Å². The number of aromatic amines is 1. The van der Waals surface area contributed by atoms with Gasteiger partial charge in [-0.2, -0.15) is 0 Å². The number of benzene rings is 4. The lowest BCUT2D eigenvalue weighted by Gasteiger charge is -2.28. The van der Waals surface area contributed by atoms with Crippen LogP contribution in [0.2, 0.25) is 0 Å². The Morgan fingerprint density at radius 1 is 0.938 bits per heavy atom. The second kappa shape index (κ2) is 12.9. The lowest BCUT2D eigenvalue weighted by Crippen LogP contribution is -2.44. The monoisotopic (exact) mass is 640 g/mol. The van der Waals surface area contributed by atoms with Gasteiger partial charge in [-0.25, -0.2) is 4.68 Å². The summed E-state index contributed by atoms with van der Waals surface area (Å²) in [7, 11) is 0. The molecule has 3 N–H and O–H groups in total. The highest BCUT2D eigenvalue weighted by molar-refractivity contribution is 6.07. The zero-order valence-electron chi connectivity index (χ0n) is 26.5. The number of fused-ring (bicyclic) bond motifs is 2. The van der Waals surface area contributed by atoms with Crippen LogP contribution in [0.3, 0.4) is 0 Å². The maximum Gasteiger partial charge on any atom is 0.279 e. The number of aromatic nitrogens is 5. The van der Waals surface area contributed by atoms with Gasteiger partial charge in [-0.05, 0) is 47.9 Å². The van der Waals surface area contributed by atoms with Gasteiger partial charge >= 0.3 is 0 Å². The molecule has 7 rings (SSSR count). The molecule has 3 atom stereocenters. The fourth-order valence-electron chi connectivity index (χ4n) is 6.52. The Balaban J connectivity index is 1.15. The predicted molar refractivity (Wildman–Crippen MR) is 184 cm³/mol. The number of carbonyl (C=O) groups is 1. The first kappa shape index (κ1) is 31.0. The summed E-state index contributed by atoms with van der Waals surface area (Å²) in [5.74, 6) is -1.28. The number of anilines is 1. The summed E-state index contributed by atoms with van der Waals surface area (Å²) in [6.45, 7) is 2.57. The van der Waals surface area contributed by atoms with E-state index in [1.54, 1.807) is 33.8 Å². The number of allylic oxidation sites excluding steroid dienone is 1. The molecule has 0 bridgehead atoms. The molecule has 1 unspecified atom stereocenters. The summed E-state index contributed by atoms with van der Waals surface area (Å²) in [5.41, 5.74) is 2.78. The highest BCUT2D eigenvalue weighted by atomic mass is 16.3. The topological polar surface area (TPSA) is 129 Å². The Labute approximate surface area is 277 Å². The highest BCUT2D eigenvalue weighted by Crippen LogP contribution is 2.46. The van der Waals surface area contributed by atoms with E-state index in [2.05, 4.69) is 15.4 Å². The van der Waals surface area contributed by atoms with Crippen LogP contribution in [0.1, 0.15) is 41.6 Å². The standard InChI is InChI=1S/C38H36N6O4/c1-26(12-10-11-21-42-24-34(39-41-42)31(25-45)28-15-6-3-7-16-28)38(48)32-22-29(44-36(46)30-17-8-9-18-33(30)40-44)19-20-35(32)43(37(38)47)23-27-13-4-2-5-14-27/h2-10,12-20,22,24,26,31,40,45,48H,11,21,23,25H2,1H3/b12-10+/t26-,31?,38+/m1/s1. The quantitative estimate of drug-likeness (QED) is 0.170. The largest absolute Gasteiger partial charge is 0.395 e. The van der Waals surface area contributed by atoms with E-state index in [0.717, 1.165) is 11.1 Å². The molecule has 0 saturated heterocycles. The third-order valence-electron chi connectivity index (χ3n) is 9.19. The molecule has 10 nitrogen and oxygen atoms in total. The lowest BCUT2D eigenvalue weighted by molar-refractivity contribution is -0.139. The number of nitrogens with one attached hydrogen (secondary N) is 1. The van der Waals surface area contributed by atoms with Gasteiger partial charge in [0.05, 0.1) is 47.0 Å². The van der Waals surface area contributed by atoms with Crippen LogP contribution >= 0.6 is 0 Å². The van der Waals surface area contributed by atoms with Gasteiger partial charge in [-0.3, -0.25) is 19.4 Å². The summed E-state index contributed by atoms with van der Waals surface area (Å²) in [6, 6.07) is 32.0. The lowest BCUT2D eigenvalue weighted by atomic mass is 9.82. The van der Waals surface area contributed by atoms with Crippen molar-refractivity contribution in [2.75, 3.05) is 11.5 Å². The summed E-state index contributed by atoms with van der Waals surface area (Å²) < 4.78 is 3.17. The van der Waals surface area contributed by atoms with Crippen molar-refractivity contribution in [1.29, 1.82) is 0 Å². The molecule has 1 aliphatic rings. The van der Waals surface area contributed by atoms with Gasteiger partial charge in [0.2, 0.25) is 0 Å². The molecule has 3 heterocycles. The normalized spacial score (nSPS) is 17.3. The number of aliphatic hydroxyl groups excluding tert-OH is 1. The van der Waals surface area contributed by atoms with Crippen molar-refractivity contribution in [1.82, 2.24) is 24.8 Å². The van der Waals surface area contributed by atoms with Crippen LogP contribution in [-0.4, -0.2) is 47.5 Å². The first-order valence-corrected chi connectivity index (χ1v) is 16.0. The van der Waals surface area contributed by atoms with Gasteiger partial charge in [0.25, 0.3) is 11.5 Å². The summed E-state index contributed by atoms with van der Waals surface area (Å²) in [5, 5.41) is 34.6. The van der Waals surface area contributed by atoms with Crippen molar-refractivity contribution in [3.05, 3.63) is 154 Å². The van der Waals surface area contributed by atoms with Gasteiger partial charge in [-0.15, -0.1) is 5.10 Å². The Kier molecular flexibility index (Phi) is 8.34. The number of hydrogen-bond donors (Lipinski definition) is 3. The number of aryl methyl sites for hydroxylation is 1. The average molecular weight is 641 g/mol. The van der Waals surface area contributed by atoms with Crippen molar-refractivity contribution >= 4 is 22.5 Å². The molecular formula is C38H36N6O4. The Morgan fingerprint density at radius 3 is 2.42 bits per heavy atom. The van der Waals surface area contributed by atoms with E-state index in [-0.39, 0.29) is 18.1 Å². The van der Waals surface area contributed by atoms with E-state index >= 15 is 0 Å². The van der Waals surface area contributed by atoms with Crippen LogP contribution in [0.5, 0.6) is 0 Å². The molecule has 0 spiro atoms. The van der Waals surface area contributed by atoms with E-state index in [4.69, 9.17) is 0 Å². The molecular weight excluding hydrogens is 604 g/mol. The van der Waals surface area contributed by atoms with Crippen LogP contribution in [0.4, 0.5) is 5.69 Å². The number of H-pyrrole nitrogens is 1. The van der Waals surface area contributed by atoms with Gasteiger partial charge in [0.15, 0.2) is 5.60 Å². The van der Waals surface area contributed by atoms with Gasteiger partial charge in [0.1, 0.15) is 0 Å². The Bertz CT molecular complexity index is 2150. The fraction of sp³-hybridized carbons (Fsp3) is 0.211. The summed E-state index contributed by atoms with van der Waals surface area (Å²) >= 11 is 0. The van der Waals surface area contributed by atoms with E-state index in [9.17, 15) is 19.8 Å². The average Bonchev–Trinajstić information content (AvgIpc) is 3.78. The minimum absolute atomic E-state index is 0.0773. The molecule has 0 radical (unpaired) electrons. The van der Waals surface area contributed by atoms with Crippen LogP contribution in [0.25, 0.3) is 16.6 Å². The third kappa shape index (κ3) is 5.55.